The lowest BCUT2D eigenvalue weighted by Gasteiger charge is -2.32. The highest BCUT2D eigenvalue weighted by atomic mass is 32.2. The number of rotatable bonds is 7. The van der Waals surface area contributed by atoms with Gasteiger partial charge in [0.25, 0.3) is 10.2 Å². The maximum atomic E-state index is 12.8. The monoisotopic (exact) mass is 376 g/mol. The average molecular weight is 376 g/mol. The van der Waals surface area contributed by atoms with Gasteiger partial charge in [-0.1, -0.05) is 30.3 Å². The summed E-state index contributed by atoms with van der Waals surface area (Å²) in [5, 5.41) is 3.78. The number of allylic oxidation sites excluding steroid dienone is 1. The van der Waals surface area contributed by atoms with Crippen molar-refractivity contribution >= 4 is 21.7 Å². The summed E-state index contributed by atoms with van der Waals surface area (Å²) in [5.41, 5.74) is 4.69. The van der Waals surface area contributed by atoms with Gasteiger partial charge in [-0.15, -0.1) is 5.10 Å². The largest absolute Gasteiger partial charge is 0.304 e. The van der Waals surface area contributed by atoms with E-state index in [0.717, 1.165) is 5.56 Å². The first-order valence-corrected chi connectivity index (χ1v) is 9.88. The SMILES string of the molecule is CN1CCN(S(=O)(=O)N[C@@H](Cc2ccccc2)C(=O)C2=N[N]C=C2)CC1. The van der Waals surface area contributed by atoms with Crippen molar-refractivity contribution in [3.63, 3.8) is 0 Å². The Morgan fingerprint density at radius 1 is 1.19 bits per heavy atom. The predicted molar refractivity (Wildman–Crippen MR) is 98.8 cm³/mol. The maximum Gasteiger partial charge on any atom is 0.280 e. The van der Waals surface area contributed by atoms with Crippen molar-refractivity contribution in [2.75, 3.05) is 33.2 Å². The molecule has 0 amide bonds. The zero-order valence-corrected chi connectivity index (χ0v) is 15.4. The lowest BCUT2D eigenvalue weighted by Crippen LogP contribution is -2.55. The molecule has 1 aromatic carbocycles. The standard InChI is InChI=1S/C17H22N5O3S/c1-21-9-11-22(12-10-21)26(24,25)20-16(13-14-5-3-2-4-6-14)17(23)15-7-8-18-19-15/h2-8,16,20H,9-13H2,1H3/t16-/m0/s1. The second-order valence-electron chi connectivity index (χ2n) is 6.35. The molecule has 0 saturated carbocycles. The minimum atomic E-state index is -3.77. The van der Waals surface area contributed by atoms with Crippen LogP contribution in [0, 0.1) is 0 Å². The van der Waals surface area contributed by atoms with Gasteiger partial charge in [-0.05, 0) is 25.1 Å². The molecular formula is C17H22N5O3S. The number of benzene rings is 1. The first-order valence-electron chi connectivity index (χ1n) is 8.44. The van der Waals surface area contributed by atoms with E-state index in [0.29, 0.717) is 26.2 Å². The maximum absolute atomic E-state index is 12.8. The molecule has 1 fully saturated rings. The van der Waals surface area contributed by atoms with Crippen LogP contribution in [0.5, 0.6) is 0 Å². The highest BCUT2D eigenvalue weighted by molar-refractivity contribution is 7.87. The van der Waals surface area contributed by atoms with Crippen LogP contribution in [0.2, 0.25) is 0 Å². The number of nitrogens with zero attached hydrogens (tertiary/aromatic N) is 4. The third-order valence-corrected chi connectivity index (χ3v) is 6.04. The van der Waals surface area contributed by atoms with E-state index in [9.17, 15) is 13.2 Å². The van der Waals surface area contributed by atoms with Crippen LogP contribution in [0.4, 0.5) is 0 Å². The van der Waals surface area contributed by atoms with Crippen LogP contribution in [0.1, 0.15) is 5.56 Å². The topological polar surface area (TPSA) is 96.2 Å². The van der Waals surface area contributed by atoms with Crippen molar-refractivity contribution in [2.45, 2.75) is 12.5 Å². The van der Waals surface area contributed by atoms with Crippen LogP contribution in [-0.2, 0) is 21.4 Å². The fourth-order valence-electron chi connectivity index (χ4n) is 2.86. The smallest absolute Gasteiger partial charge is 0.280 e. The van der Waals surface area contributed by atoms with Crippen molar-refractivity contribution in [1.29, 1.82) is 0 Å². The van der Waals surface area contributed by atoms with Crippen molar-refractivity contribution in [2.24, 2.45) is 5.10 Å². The van der Waals surface area contributed by atoms with Crippen LogP contribution in [0.3, 0.4) is 0 Å². The minimum absolute atomic E-state index is 0.159. The van der Waals surface area contributed by atoms with Gasteiger partial charge in [-0.2, -0.15) is 22.9 Å². The number of hydrogen-bond donors (Lipinski definition) is 1. The van der Waals surface area contributed by atoms with E-state index < -0.39 is 16.3 Å². The fraction of sp³-hybridized carbons (Fsp3) is 0.412. The third kappa shape index (κ3) is 4.55. The Bertz CT molecular complexity index is 799. The molecule has 0 unspecified atom stereocenters. The van der Waals surface area contributed by atoms with Crippen LogP contribution in [-0.4, -0.2) is 68.4 Å². The highest BCUT2D eigenvalue weighted by Gasteiger charge is 2.32. The third-order valence-electron chi connectivity index (χ3n) is 4.41. The Labute approximate surface area is 153 Å². The van der Waals surface area contributed by atoms with Crippen LogP contribution in [0.25, 0.3) is 0 Å². The van der Waals surface area contributed by atoms with Crippen molar-refractivity contribution in [1.82, 2.24) is 19.4 Å². The minimum Gasteiger partial charge on any atom is -0.304 e. The van der Waals surface area contributed by atoms with Gasteiger partial charge in [-0.3, -0.25) is 4.79 Å². The molecule has 26 heavy (non-hydrogen) atoms. The Kier molecular flexibility index (Phi) is 5.82. The van der Waals surface area contributed by atoms with E-state index in [1.165, 1.54) is 16.6 Å². The first kappa shape index (κ1) is 18.7. The molecule has 1 N–H and O–H groups in total. The van der Waals surface area contributed by atoms with E-state index in [2.05, 4.69) is 20.1 Å². The summed E-state index contributed by atoms with van der Waals surface area (Å²) in [6, 6.07) is 8.38. The van der Waals surface area contributed by atoms with Crippen LogP contribution in [0.15, 0.2) is 47.7 Å². The van der Waals surface area contributed by atoms with E-state index in [4.69, 9.17) is 0 Å². The fourth-order valence-corrected chi connectivity index (χ4v) is 4.21. The molecule has 9 heteroatoms. The molecule has 2 aliphatic heterocycles. The van der Waals surface area contributed by atoms with Crippen molar-refractivity contribution in [3.05, 3.63) is 48.2 Å². The summed E-state index contributed by atoms with van der Waals surface area (Å²) in [5.74, 6) is -0.385. The molecule has 1 radical (unpaired) electrons. The lowest BCUT2D eigenvalue weighted by atomic mass is 10.0. The number of carbonyl (C=O) groups excluding carboxylic acids is 1. The van der Waals surface area contributed by atoms with Gasteiger partial charge in [-0.25, -0.2) is 0 Å². The summed E-state index contributed by atoms with van der Waals surface area (Å²) in [4.78, 5) is 14.8. The van der Waals surface area contributed by atoms with Gasteiger partial charge >= 0.3 is 0 Å². The summed E-state index contributed by atoms with van der Waals surface area (Å²) in [7, 11) is -1.82. The van der Waals surface area contributed by atoms with Gasteiger partial charge in [0.15, 0.2) is 0 Å². The molecule has 0 aromatic heterocycles. The number of Topliss-reactive ketones (excluding diaryl/α,β-unsaturated/α-hetero) is 1. The predicted octanol–water partition coefficient (Wildman–Crippen LogP) is -0.264. The summed E-state index contributed by atoms with van der Waals surface area (Å²) < 4.78 is 29.5. The molecule has 1 saturated heterocycles. The zero-order valence-electron chi connectivity index (χ0n) is 14.6. The Morgan fingerprint density at radius 3 is 2.50 bits per heavy atom. The molecule has 1 atom stereocenters. The number of ketones is 1. The molecule has 0 bridgehead atoms. The first-order chi connectivity index (χ1) is 12.5. The molecular weight excluding hydrogens is 354 g/mol. The lowest BCUT2D eigenvalue weighted by molar-refractivity contribution is -0.114. The normalized spacial score (nSPS) is 19.8. The second kappa shape index (κ2) is 8.09. The van der Waals surface area contributed by atoms with Crippen LogP contribution >= 0.6 is 0 Å². The number of nitrogens with one attached hydrogen (secondary N) is 1. The molecule has 3 rings (SSSR count). The Morgan fingerprint density at radius 2 is 1.88 bits per heavy atom. The zero-order chi connectivity index (χ0) is 18.6. The number of piperazine rings is 1. The molecule has 0 aliphatic carbocycles. The molecule has 8 nitrogen and oxygen atoms in total. The summed E-state index contributed by atoms with van der Waals surface area (Å²) in [6.45, 7) is 2.11. The van der Waals surface area contributed by atoms with Crippen molar-refractivity contribution in [3.8, 4) is 0 Å². The van der Waals surface area contributed by atoms with Gasteiger partial charge in [0.05, 0.1) is 12.2 Å². The summed E-state index contributed by atoms with van der Waals surface area (Å²) in [6.07, 6.45) is 3.16. The second-order valence-corrected chi connectivity index (χ2v) is 8.05. The Hall–Kier alpha value is -2.07. The molecule has 0 spiro atoms. The number of carbonyl (C=O) groups is 1. The van der Waals surface area contributed by atoms with Gasteiger partial charge in [0.2, 0.25) is 5.78 Å². The molecule has 2 heterocycles. The van der Waals surface area contributed by atoms with Gasteiger partial charge in [0.1, 0.15) is 5.71 Å². The van der Waals surface area contributed by atoms with Gasteiger partial charge < -0.3 is 4.90 Å². The van der Waals surface area contributed by atoms with E-state index in [1.807, 2.05) is 37.4 Å². The number of hydrogen-bond acceptors (Lipinski definition) is 5. The molecule has 2 aliphatic rings. The van der Waals surface area contributed by atoms with E-state index in [-0.39, 0.29) is 17.9 Å². The number of likely N-dealkylation sites (N-methyl/N-ethyl adjacent to an activating group) is 1. The quantitative estimate of drug-likeness (QED) is 0.709. The average Bonchev–Trinajstić information content (AvgIpc) is 3.16. The Balaban J connectivity index is 1.78. The van der Waals surface area contributed by atoms with E-state index >= 15 is 0 Å². The molecule has 139 valence electrons. The van der Waals surface area contributed by atoms with Crippen molar-refractivity contribution < 1.29 is 13.2 Å². The van der Waals surface area contributed by atoms with E-state index in [1.54, 1.807) is 0 Å². The summed E-state index contributed by atoms with van der Waals surface area (Å²) >= 11 is 0. The van der Waals surface area contributed by atoms with Crippen LogP contribution < -0.4 is 10.1 Å². The molecule has 1 aromatic rings. The van der Waals surface area contributed by atoms with Gasteiger partial charge in [0, 0.05) is 26.2 Å². The highest BCUT2D eigenvalue weighted by Crippen LogP contribution is 2.11.